The highest BCUT2D eigenvalue weighted by molar-refractivity contribution is 5.98. The topological polar surface area (TPSA) is 72.2 Å². The van der Waals surface area contributed by atoms with Gasteiger partial charge in [0.25, 0.3) is 0 Å². The van der Waals surface area contributed by atoms with E-state index in [2.05, 4.69) is 5.32 Å². The first kappa shape index (κ1) is 11.8. The Kier molecular flexibility index (Phi) is 3.54. The molecule has 1 aromatic carbocycles. The minimum atomic E-state index is -0.162. The fourth-order valence-corrected chi connectivity index (χ4v) is 2.03. The molecule has 0 radical (unpaired) electrons. The van der Waals surface area contributed by atoms with Crippen LogP contribution in [0, 0.1) is 5.92 Å². The molecule has 0 aliphatic carbocycles. The first-order chi connectivity index (χ1) is 8.19. The Labute approximate surface area is 100 Å². The number of carbonyl (C=O) groups excluding carboxylic acids is 2. The molecule has 4 heteroatoms. The summed E-state index contributed by atoms with van der Waals surface area (Å²) in [6.07, 6.45) is 1.77. The van der Waals surface area contributed by atoms with Crippen molar-refractivity contribution in [2.24, 2.45) is 11.7 Å². The Morgan fingerprint density at radius 2 is 1.82 bits per heavy atom. The fourth-order valence-electron chi connectivity index (χ4n) is 2.03. The summed E-state index contributed by atoms with van der Waals surface area (Å²) < 4.78 is 0. The molecule has 0 spiro atoms. The molecule has 90 valence electrons. The Morgan fingerprint density at radius 1 is 1.18 bits per heavy atom. The zero-order chi connectivity index (χ0) is 12.3. The van der Waals surface area contributed by atoms with E-state index >= 15 is 0 Å². The van der Waals surface area contributed by atoms with Gasteiger partial charge in [-0.05, 0) is 24.0 Å². The van der Waals surface area contributed by atoms with E-state index in [1.165, 1.54) is 0 Å². The number of hydrogen-bond acceptors (Lipinski definition) is 3. The van der Waals surface area contributed by atoms with Crippen molar-refractivity contribution < 1.29 is 9.59 Å². The summed E-state index contributed by atoms with van der Waals surface area (Å²) in [5.74, 6) is -0.398. The van der Waals surface area contributed by atoms with Gasteiger partial charge in [0.2, 0.25) is 11.8 Å². The van der Waals surface area contributed by atoms with Crippen molar-refractivity contribution in [3.8, 4) is 0 Å². The van der Waals surface area contributed by atoms with Crippen molar-refractivity contribution in [1.82, 2.24) is 5.32 Å². The molecule has 1 aromatic rings. The molecule has 1 heterocycles. The predicted octanol–water partition coefficient (Wildman–Crippen LogP) is 0.741. The number of benzene rings is 1. The number of nitrogens with one attached hydrogen (secondary N) is 1. The van der Waals surface area contributed by atoms with Crippen molar-refractivity contribution in [1.29, 1.82) is 0 Å². The maximum absolute atomic E-state index is 11.6. The van der Waals surface area contributed by atoms with Crippen LogP contribution >= 0.6 is 0 Å². The third-order valence-corrected chi connectivity index (χ3v) is 3.09. The lowest BCUT2D eigenvalue weighted by Gasteiger charge is -2.20. The Hall–Kier alpha value is -1.68. The fraction of sp³-hybridized carbons (Fsp3) is 0.385. The van der Waals surface area contributed by atoms with Gasteiger partial charge in [-0.1, -0.05) is 24.3 Å². The molecular weight excluding hydrogens is 216 g/mol. The van der Waals surface area contributed by atoms with Crippen LogP contribution in [0.1, 0.15) is 24.0 Å². The molecule has 2 rings (SSSR count). The van der Waals surface area contributed by atoms with Gasteiger partial charge in [-0.2, -0.15) is 0 Å². The largest absolute Gasteiger partial charge is 0.326 e. The van der Waals surface area contributed by atoms with Crippen LogP contribution < -0.4 is 11.1 Å². The lowest BCUT2D eigenvalue weighted by atomic mass is 9.91. The number of imide groups is 1. The van der Waals surface area contributed by atoms with Crippen LogP contribution in [0.15, 0.2) is 24.3 Å². The van der Waals surface area contributed by atoms with E-state index in [1.807, 2.05) is 24.3 Å². The summed E-state index contributed by atoms with van der Waals surface area (Å²) in [7, 11) is 0. The van der Waals surface area contributed by atoms with Crippen LogP contribution in [0.5, 0.6) is 0 Å². The molecule has 1 unspecified atom stereocenters. The maximum Gasteiger partial charge on any atom is 0.230 e. The second-order valence-electron chi connectivity index (χ2n) is 4.37. The highest BCUT2D eigenvalue weighted by atomic mass is 16.2. The minimum Gasteiger partial charge on any atom is -0.326 e. The number of rotatable bonds is 3. The number of nitrogens with two attached hydrogens (primary N) is 1. The van der Waals surface area contributed by atoms with Gasteiger partial charge < -0.3 is 5.73 Å². The Balaban J connectivity index is 2.00. The minimum absolute atomic E-state index is 0.0866. The molecule has 0 bridgehead atoms. The van der Waals surface area contributed by atoms with Crippen LogP contribution in [0.2, 0.25) is 0 Å². The van der Waals surface area contributed by atoms with Crippen molar-refractivity contribution in [3.63, 3.8) is 0 Å². The number of amides is 2. The second kappa shape index (κ2) is 5.10. The van der Waals surface area contributed by atoms with Crippen molar-refractivity contribution in [2.45, 2.75) is 25.8 Å². The molecule has 0 saturated carbocycles. The van der Waals surface area contributed by atoms with Gasteiger partial charge in [0.1, 0.15) is 0 Å². The molecule has 2 amide bonds. The third kappa shape index (κ3) is 2.91. The van der Waals surface area contributed by atoms with Gasteiger partial charge in [0.15, 0.2) is 0 Å². The zero-order valence-corrected chi connectivity index (χ0v) is 9.61. The highest BCUT2D eigenvalue weighted by Crippen LogP contribution is 2.18. The molecular formula is C13H16N2O2. The summed E-state index contributed by atoms with van der Waals surface area (Å²) in [4.78, 5) is 22.6. The normalized spacial score (nSPS) is 20.2. The van der Waals surface area contributed by atoms with E-state index < -0.39 is 0 Å². The van der Waals surface area contributed by atoms with E-state index in [0.29, 0.717) is 25.8 Å². The molecule has 1 saturated heterocycles. The number of hydrogen-bond donors (Lipinski definition) is 2. The van der Waals surface area contributed by atoms with Crippen molar-refractivity contribution in [2.75, 3.05) is 0 Å². The van der Waals surface area contributed by atoms with E-state index in [4.69, 9.17) is 5.73 Å². The van der Waals surface area contributed by atoms with Crippen LogP contribution in [0.3, 0.4) is 0 Å². The molecule has 17 heavy (non-hydrogen) atoms. The Bertz CT molecular complexity index is 426. The van der Waals surface area contributed by atoms with Gasteiger partial charge in [-0.25, -0.2) is 0 Å². The molecule has 1 aliphatic rings. The lowest BCUT2D eigenvalue weighted by Crippen LogP contribution is -2.41. The molecule has 3 N–H and O–H groups in total. The first-order valence-electron chi connectivity index (χ1n) is 5.80. The summed E-state index contributed by atoms with van der Waals surface area (Å²) >= 11 is 0. The standard InChI is InChI=1S/C13H16N2O2/c14-8-10-3-1-9(2-4-10)7-11-5-6-12(16)15-13(11)17/h1-4,11H,5-8,14H2,(H,15,16,17). The second-order valence-corrected chi connectivity index (χ2v) is 4.37. The summed E-state index contributed by atoms with van der Waals surface area (Å²) in [6, 6.07) is 7.93. The van der Waals surface area contributed by atoms with E-state index in [1.54, 1.807) is 0 Å². The summed E-state index contributed by atoms with van der Waals surface area (Å²) in [6.45, 7) is 0.526. The molecule has 0 aromatic heterocycles. The SMILES string of the molecule is NCc1ccc(CC2CCC(=O)NC2=O)cc1. The van der Waals surface area contributed by atoms with E-state index in [9.17, 15) is 9.59 Å². The van der Waals surface area contributed by atoms with E-state index in [-0.39, 0.29) is 17.7 Å². The molecule has 1 fully saturated rings. The van der Waals surface area contributed by atoms with Gasteiger partial charge in [-0.15, -0.1) is 0 Å². The number of carbonyl (C=O) groups is 2. The van der Waals surface area contributed by atoms with Crippen LogP contribution in [0.25, 0.3) is 0 Å². The van der Waals surface area contributed by atoms with E-state index in [0.717, 1.165) is 11.1 Å². The third-order valence-electron chi connectivity index (χ3n) is 3.09. The van der Waals surface area contributed by atoms with Gasteiger partial charge in [0, 0.05) is 18.9 Å². The summed E-state index contributed by atoms with van der Waals surface area (Å²) in [5, 5.41) is 2.37. The number of piperidine rings is 1. The average molecular weight is 232 g/mol. The van der Waals surface area contributed by atoms with Crippen molar-refractivity contribution >= 4 is 11.8 Å². The highest BCUT2D eigenvalue weighted by Gasteiger charge is 2.26. The Morgan fingerprint density at radius 3 is 2.41 bits per heavy atom. The van der Waals surface area contributed by atoms with Gasteiger partial charge >= 0.3 is 0 Å². The predicted molar refractivity (Wildman–Crippen MR) is 63.9 cm³/mol. The average Bonchev–Trinajstić information content (AvgIpc) is 2.34. The van der Waals surface area contributed by atoms with Crippen LogP contribution in [0.4, 0.5) is 0 Å². The smallest absolute Gasteiger partial charge is 0.230 e. The van der Waals surface area contributed by atoms with Crippen molar-refractivity contribution in [3.05, 3.63) is 35.4 Å². The van der Waals surface area contributed by atoms with Crippen LogP contribution in [-0.2, 0) is 22.6 Å². The first-order valence-corrected chi connectivity index (χ1v) is 5.80. The maximum atomic E-state index is 11.6. The van der Waals surface area contributed by atoms with Gasteiger partial charge in [-0.3, -0.25) is 14.9 Å². The molecule has 1 atom stereocenters. The molecule has 1 aliphatic heterocycles. The molecule has 4 nitrogen and oxygen atoms in total. The lowest BCUT2D eigenvalue weighted by molar-refractivity contribution is -0.136. The zero-order valence-electron chi connectivity index (χ0n) is 9.61. The summed E-state index contributed by atoms with van der Waals surface area (Å²) in [5.41, 5.74) is 7.71. The quantitative estimate of drug-likeness (QED) is 0.755. The monoisotopic (exact) mass is 232 g/mol. The van der Waals surface area contributed by atoms with Crippen LogP contribution in [-0.4, -0.2) is 11.8 Å². The van der Waals surface area contributed by atoms with Gasteiger partial charge in [0.05, 0.1) is 0 Å².